The van der Waals surface area contributed by atoms with Gasteiger partial charge in [0, 0.05) is 24.3 Å². The highest BCUT2D eigenvalue weighted by atomic mass is 79.9. The first-order valence-corrected chi connectivity index (χ1v) is 7.25. The van der Waals surface area contributed by atoms with Crippen molar-refractivity contribution >= 4 is 33.4 Å². The number of rotatable bonds is 5. The molecule has 0 fully saturated rings. The van der Waals surface area contributed by atoms with Crippen LogP contribution in [0.2, 0.25) is 0 Å². The Kier molecular flexibility index (Phi) is 6.02. The van der Waals surface area contributed by atoms with Crippen molar-refractivity contribution in [3.63, 3.8) is 0 Å². The molecule has 0 radical (unpaired) electrons. The molecule has 2 amide bonds. The lowest BCUT2D eigenvalue weighted by Gasteiger charge is -2.19. The fraction of sp³-hybridized carbons (Fsp3) is 0.429. The lowest BCUT2D eigenvalue weighted by atomic mass is 10.1. The van der Waals surface area contributed by atoms with Crippen molar-refractivity contribution in [3.8, 4) is 0 Å². The van der Waals surface area contributed by atoms with E-state index in [-0.39, 0.29) is 16.6 Å². The quantitative estimate of drug-likeness (QED) is 0.846. The lowest BCUT2D eigenvalue weighted by Crippen LogP contribution is -2.30. The minimum Gasteiger partial charge on any atom is -0.339 e. The number of amides is 2. The van der Waals surface area contributed by atoms with Crippen LogP contribution in [-0.4, -0.2) is 34.6 Å². The van der Waals surface area contributed by atoms with Crippen molar-refractivity contribution in [2.24, 2.45) is 0 Å². The highest BCUT2D eigenvalue weighted by Gasteiger charge is 2.14. The van der Waals surface area contributed by atoms with E-state index in [0.29, 0.717) is 24.3 Å². The molecule has 0 aliphatic carbocycles. The molecule has 5 heteroatoms. The summed E-state index contributed by atoms with van der Waals surface area (Å²) in [6.07, 6.45) is 0. The fourth-order valence-corrected chi connectivity index (χ4v) is 1.78. The Labute approximate surface area is 122 Å². The van der Waals surface area contributed by atoms with E-state index in [1.807, 2.05) is 13.8 Å². The van der Waals surface area contributed by atoms with Crippen LogP contribution in [0, 0.1) is 0 Å². The molecular formula is C14H19BrN2O2. The van der Waals surface area contributed by atoms with Gasteiger partial charge in [0.25, 0.3) is 5.91 Å². The van der Waals surface area contributed by atoms with Crippen LogP contribution in [0.4, 0.5) is 5.69 Å². The maximum absolute atomic E-state index is 12.2. The zero-order chi connectivity index (χ0) is 14.4. The Morgan fingerprint density at radius 3 is 2.47 bits per heavy atom. The van der Waals surface area contributed by atoms with E-state index in [9.17, 15) is 9.59 Å². The first kappa shape index (κ1) is 15.7. The SMILES string of the molecule is CCN(CC)C(=O)c1cccc(NC(=O)C(C)Br)c1. The van der Waals surface area contributed by atoms with E-state index in [1.54, 1.807) is 36.1 Å². The van der Waals surface area contributed by atoms with E-state index in [0.717, 1.165) is 0 Å². The van der Waals surface area contributed by atoms with Crippen molar-refractivity contribution < 1.29 is 9.59 Å². The fourth-order valence-electron chi connectivity index (χ4n) is 1.67. The number of halogens is 1. The minimum absolute atomic E-state index is 0.0204. The van der Waals surface area contributed by atoms with Crippen molar-refractivity contribution in [3.05, 3.63) is 29.8 Å². The Hall–Kier alpha value is -1.36. The summed E-state index contributed by atoms with van der Waals surface area (Å²) in [6, 6.07) is 7.00. The number of benzene rings is 1. The summed E-state index contributed by atoms with van der Waals surface area (Å²) in [5.74, 6) is -0.152. The summed E-state index contributed by atoms with van der Waals surface area (Å²) in [7, 11) is 0. The molecule has 104 valence electrons. The zero-order valence-electron chi connectivity index (χ0n) is 11.4. The third-order valence-electron chi connectivity index (χ3n) is 2.79. The second-order valence-corrected chi connectivity index (χ2v) is 5.54. The minimum atomic E-state index is -0.269. The van der Waals surface area contributed by atoms with Crippen LogP contribution in [0.25, 0.3) is 0 Å². The van der Waals surface area contributed by atoms with Crippen molar-refractivity contribution in [2.75, 3.05) is 18.4 Å². The summed E-state index contributed by atoms with van der Waals surface area (Å²) >= 11 is 3.20. The molecule has 0 aliphatic rings. The van der Waals surface area contributed by atoms with Gasteiger partial charge in [-0.15, -0.1) is 0 Å². The summed E-state index contributed by atoms with van der Waals surface area (Å²) in [4.78, 5) is 25.2. The van der Waals surface area contributed by atoms with Gasteiger partial charge >= 0.3 is 0 Å². The van der Waals surface area contributed by atoms with Gasteiger partial charge in [0.1, 0.15) is 0 Å². The largest absolute Gasteiger partial charge is 0.339 e. The molecule has 0 saturated carbocycles. The van der Waals surface area contributed by atoms with Crippen LogP contribution in [0.1, 0.15) is 31.1 Å². The van der Waals surface area contributed by atoms with Gasteiger partial charge in [-0.05, 0) is 39.0 Å². The average molecular weight is 327 g/mol. The van der Waals surface area contributed by atoms with Gasteiger partial charge in [0.2, 0.25) is 5.91 Å². The Morgan fingerprint density at radius 1 is 1.32 bits per heavy atom. The van der Waals surface area contributed by atoms with Gasteiger partial charge in [0.05, 0.1) is 4.83 Å². The van der Waals surface area contributed by atoms with Crippen LogP contribution in [-0.2, 0) is 4.79 Å². The Morgan fingerprint density at radius 2 is 1.95 bits per heavy atom. The molecular weight excluding hydrogens is 308 g/mol. The number of carbonyl (C=O) groups excluding carboxylic acids is 2. The molecule has 0 bridgehead atoms. The molecule has 0 heterocycles. The second kappa shape index (κ2) is 7.28. The summed E-state index contributed by atoms with van der Waals surface area (Å²) < 4.78 is 0. The van der Waals surface area contributed by atoms with Gasteiger partial charge in [-0.3, -0.25) is 9.59 Å². The standard InChI is InChI=1S/C14H19BrN2O2/c1-4-17(5-2)14(19)11-7-6-8-12(9-11)16-13(18)10(3)15/h6-10H,4-5H2,1-3H3,(H,16,18). The van der Waals surface area contributed by atoms with Gasteiger partial charge in [-0.2, -0.15) is 0 Å². The van der Waals surface area contributed by atoms with Gasteiger partial charge in [0.15, 0.2) is 0 Å². The smallest absolute Gasteiger partial charge is 0.253 e. The van der Waals surface area contributed by atoms with E-state index in [1.165, 1.54) is 0 Å². The molecule has 0 aromatic heterocycles. The second-order valence-electron chi connectivity index (χ2n) is 4.16. The molecule has 1 aromatic carbocycles. The number of alkyl halides is 1. The molecule has 1 rings (SSSR count). The maximum atomic E-state index is 12.2. The van der Waals surface area contributed by atoms with Crippen LogP contribution in [0.3, 0.4) is 0 Å². The van der Waals surface area contributed by atoms with Crippen molar-refractivity contribution in [1.82, 2.24) is 4.90 Å². The van der Waals surface area contributed by atoms with Gasteiger partial charge in [-0.25, -0.2) is 0 Å². The van der Waals surface area contributed by atoms with E-state index in [2.05, 4.69) is 21.2 Å². The first-order chi connectivity index (χ1) is 8.99. The summed E-state index contributed by atoms with van der Waals surface area (Å²) in [5, 5.41) is 2.76. The topological polar surface area (TPSA) is 49.4 Å². The van der Waals surface area contributed by atoms with E-state index >= 15 is 0 Å². The van der Waals surface area contributed by atoms with Crippen molar-refractivity contribution in [1.29, 1.82) is 0 Å². The maximum Gasteiger partial charge on any atom is 0.253 e. The Bertz CT molecular complexity index is 457. The highest BCUT2D eigenvalue weighted by molar-refractivity contribution is 9.10. The molecule has 4 nitrogen and oxygen atoms in total. The van der Waals surface area contributed by atoms with Crippen LogP contribution in [0.15, 0.2) is 24.3 Å². The number of hydrogen-bond acceptors (Lipinski definition) is 2. The molecule has 0 spiro atoms. The van der Waals surface area contributed by atoms with E-state index < -0.39 is 0 Å². The van der Waals surface area contributed by atoms with Crippen LogP contribution in [0.5, 0.6) is 0 Å². The third kappa shape index (κ3) is 4.35. The monoisotopic (exact) mass is 326 g/mol. The molecule has 19 heavy (non-hydrogen) atoms. The third-order valence-corrected chi connectivity index (χ3v) is 3.20. The average Bonchev–Trinajstić information content (AvgIpc) is 2.40. The number of anilines is 1. The number of nitrogens with one attached hydrogen (secondary N) is 1. The number of carbonyl (C=O) groups is 2. The molecule has 1 N–H and O–H groups in total. The van der Waals surface area contributed by atoms with Crippen LogP contribution < -0.4 is 5.32 Å². The van der Waals surface area contributed by atoms with Crippen molar-refractivity contribution in [2.45, 2.75) is 25.6 Å². The first-order valence-electron chi connectivity index (χ1n) is 6.33. The zero-order valence-corrected chi connectivity index (χ0v) is 13.0. The van der Waals surface area contributed by atoms with E-state index in [4.69, 9.17) is 0 Å². The number of nitrogens with zero attached hydrogens (tertiary/aromatic N) is 1. The van der Waals surface area contributed by atoms with Gasteiger partial charge in [-0.1, -0.05) is 22.0 Å². The molecule has 1 aromatic rings. The lowest BCUT2D eigenvalue weighted by molar-refractivity contribution is -0.115. The number of hydrogen-bond donors (Lipinski definition) is 1. The predicted molar refractivity (Wildman–Crippen MR) is 80.7 cm³/mol. The molecule has 1 atom stereocenters. The van der Waals surface area contributed by atoms with Gasteiger partial charge < -0.3 is 10.2 Å². The Balaban J connectivity index is 2.88. The summed E-state index contributed by atoms with van der Waals surface area (Å²) in [5.41, 5.74) is 1.22. The predicted octanol–water partition coefficient (Wildman–Crippen LogP) is 2.89. The summed E-state index contributed by atoms with van der Waals surface area (Å²) in [6.45, 7) is 6.98. The molecule has 0 aliphatic heterocycles. The normalized spacial score (nSPS) is 11.8. The highest BCUT2D eigenvalue weighted by Crippen LogP contribution is 2.14. The molecule has 1 unspecified atom stereocenters. The van der Waals surface area contributed by atoms with Crippen LogP contribution >= 0.6 is 15.9 Å². The molecule has 0 saturated heterocycles.